The Hall–Kier alpha value is -1.63. The molecule has 2 aliphatic rings. The van der Waals surface area contributed by atoms with Crippen LogP contribution in [0, 0.1) is 5.92 Å². The van der Waals surface area contributed by atoms with Crippen molar-refractivity contribution in [2.75, 3.05) is 20.2 Å². The summed E-state index contributed by atoms with van der Waals surface area (Å²) in [6, 6.07) is 0. The molecule has 3 rings (SSSR count). The Kier molecular flexibility index (Phi) is 7.55. The van der Waals surface area contributed by atoms with Gasteiger partial charge in [0.15, 0.2) is 0 Å². The highest BCUT2D eigenvalue weighted by Crippen LogP contribution is 2.32. The Labute approximate surface area is 178 Å². The normalized spacial score (nSPS) is 20.0. The van der Waals surface area contributed by atoms with Gasteiger partial charge in [0, 0.05) is 24.4 Å². The molecule has 1 aliphatic heterocycles. The van der Waals surface area contributed by atoms with Crippen LogP contribution in [0.15, 0.2) is 10.5 Å². The van der Waals surface area contributed by atoms with Gasteiger partial charge in [-0.1, -0.05) is 37.3 Å². The molecule has 0 bridgehead atoms. The molecule has 6 nitrogen and oxygen atoms in total. The second-order valence-corrected chi connectivity index (χ2v) is 10.1. The van der Waals surface area contributed by atoms with Gasteiger partial charge in [0.05, 0.1) is 10.7 Å². The first kappa shape index (κ1) is 22.1. The molecule has 1 saturated carbocycles. The van der Waals surface area contributed by atoms with Gasteiger partial charge in [-0.05, 0) is 46.0 Å². The van der Waals surface area contributed by atoms with E-state index < -0.39 is 5.60 Å². The number of carbonyl (C=O) groups excluding carboxylic acids is 1. The highest BCUT2D eigenvalue weighted by atomic mass is 32.1. The van der Waals surface area contributed by atoms with Crippen LogP contribution in [0.2, 0.25) is 0 Å². The molecular formula is C22H35N3O3S. The van der Waals surface area contributed by atoms with Crippen LogP contribution in [0.3, 0.4) is 0 Å². The maximum Gasteiger partial charge on any atom is 0.410 e. The summed E-state index contributed by atoms with van der Waals surface area (Å²) < 4.78 is 5.50. The first-order valence-corrected chi connectivity index (χ1v) is 11.8. The zero-order valence-corrected chi connectivity index (χ0v) is 19.1. The molecule has 0 aromatic carbocycles. The molecule has 162 valence electrons. The highest BCUT2D eigenvalue weighted by Gasteiger charge is 2.29. The smallest absolute Gasteiger partial charge is 0.410 e. The molecule has 0 atom stereocenters. The Morgan fingerprint density at radius 1 is 1.21 bits per heavy atom. The standard InChI is InChI=1S/C22H35N3O3S/c1-22(2,3)28-21(26)25-12-10-17(11-13-25)20-23-19(15-29-20)18(24-27-4)14-16-8-6-5-7-9-16/h15-17H,5-14H2,1-4H3/b24-18-. The number of likely N-dealkylation sites (tertiary alicyclic amines) is 1. The van der Waals surface area contributed by atoms with E-state index in [1.54, 1.807) is 18.4 Å². The van der Waals surface area contributed by atoms with Crippen molar-refractivity contribution in [3.8, 4) is 0 Å². The predicted octanol–water partition coefficient (Wildman–Crippen LogP) is 5.58. The van der Waals surface area contributed by atoms with Crippen LogP contribution in [0.5, 0.6) is 0 Å². The number of carbonyl (C=O) groups is 1. The summed E-state index contributed by atoms with van der Waals surface area (Å²) in [7, 11) is 1.61. The fourth-order valence-corrected chi connectivity index (χ4v) is 5.21. The number of aromatic nitrogens is 1. The van der Waals surface area contributed by atoms with Crippen molar-refractivity contribution < 1.29 is 14.4 Å². The van der Waals surface area contributed by atoms with Gasteiger partial charge in [-0.15, -0.1) is 11.3 Å². The van der Waals surface area contributed by atoms with Crippen molar-refractivity contribution in [3.63, 3.8) is 0 Å². The SMILES string of the molecule is CO/N=C(/CC1CCCCC1)c1csc(C2CCN(C(=O)OC(C)(C)C)CC2)n1. The number of rotatable bonds is 5. The number of nitrogens with zero attached hydrogens (tertiary/aromatic N) is 3. The van der Waals surface area contributed by atoms with Gasteiger partial charge in [0.2, 0.25) is 0 Å². The summed E-state index contributed by atoms with van der Waals surface area (Å²) in [5, 5.41) is 7.58. The van der Waals surface area contributed by atoms with Crippen molar-refractivity contribution in [2.24, 2.45) is 11.1 Å². The van der Waals surface area contributed by atoms with E-state index in [2.05, 4.69) is 10.5 Å². The van der Waals surface area contributed by atoms with Gasteiger partial charge in [0.1, 0.15) is 18.4 Å². The third-order valence-corrected chi connectivity index (χ3v) is 6.73. The first-order chi connectivity index (χ1) is 13.9. The molecule has 1 aromatic rings. The van der Waals surface area contributed by atoms with Crippen LogP contribution >= 0.6 is 11.3 Å². The third kappa shape index (κ3) is 6.43. The lowest BCUT2D eigenvalue weighted by atomic mass is 9.85. The number of piperidine rings is 1. The minimum absolute atomic E-state index is 0.210. The van der Waals surface area contributed by atoms with Gasteiger partial charge in [-0.2, -0.15) is 0 Å². The van der Waals surface area contributed by atoms with E-state index >= 15 is 0 Å². The van der Waals surface area contributed by atoms with Crippen molar-refractivity contribution in [1.82, 2.24) is 9.88 Å². The lowest BCUT2D eigenvalue weighted by molar-refractivity contribution is 0.0205. The topological polar surface area (TPSA) is 64.0 Å². The average molecular weight is 422 g/mol. The third-order valence-electron chi connectivity index (χ3n) is 5.72. The average Bonchev–Trinajstić information content (AvgIpc) is 3.17. The summed E-state index contributed by atoms with van der Waals surface area (Å²) in [6.45, 7) is 7.15. The van der Waals surface area contributed by atoms with Crippen molar-refractivity contribution >= 4 is 23.1 Å². The van der Waals surface area contributed by atoms with E-state index in [1.165, 1.54) is 32.1 Å². The Morgan fingerprint density at radius 2 is 1.90 bits per heavy atom. The van der Waals surface area contributed by atoms with Crippen LogP contribution in [0.25, 0.3) is 0 Å². The van der Waals surface area contributed by atoms with Gasteiger partial charge in [-0.3, -0.25) is 0 Å². The summed E-state index contributed by atoms with van der Waals surface area (Å²) in [6.07, 6.45) is 9.15. The zero-order chi connectivity index (χ0) is 20.9. The zero-order valence-electron chi connectivity index (χ0n) is 18.3. The summed E-state index contributed by atoms with van der Waals surface area (Å²) >= 11 is 1.71. The quantitative estimate of drug-likeness (QED) is 0.460. The molecule has 1 saturated heterocycles. The van der Waals surface area contributed by atoms with Crippen LogP contribution in [-0.4, -0.2) is 47.5 Å². The van der Waals surface area contributed by atoms with Gasteiger partial charge in [0.25, 0.3) is 0 Å². The molecule has 0 radical (unpaired) electrons. The number of hydrogen-bond donors (Lipinski definition) is 0. The fraction of sp³-hybridized carbons (Fsp3) is 0.773. The maximum atomic E-state index is 12.3. The van der Waals surface area contributed by atoms with Crippen molar-refractivity contribution in [3.05, 3.63) is 16.1 Å². The van der Waals surface area contributed by atoms with E-state index in [4.69, 9.17) is 14.6 Å². The largest absolute Gasteiger partial charge is 0.444 e. The molecule has 1 aromatic heterocycles. The molecule has 1 aliphatic carbocycles. The first-order valence-electron chi connectivity index (χ1n) is 10.9. The minimum Gasteiger partial charge on any atom is -0.444 e. The molecule has 0 N–H and O–H groups in total. The second-order valence-electron chi connectivity index (χ2n) is 9.24. The molecule has 0 unspecified atom stereocenters. The molecule has 1 amide bonds. The van der Waals surface area contributed by atoms with Crippen LogP contribution in [-0.2, 0) is 9.57 Å². The lowest BCUT2D eigenvalue weighted by Gasteiger charge is -2.32. The fourth-order valence-electron chi connectivity index (χ4n) is 4.21. The van der Waals surface area contributed by atoms with Crippen molar-refractivity contribution in [1.29, 1.82) is 0 Å². The second kappa shape index (κ2) is 9.92. The number of ether oxygens (including phenoxy) is 1. The summed E-state index contributed by atoms with van der Waals surface area (Å²) in [4.78, 5) is 24.1. The van der Waals surface area contributed by atoms with Gasteiger partial charge >= 0.3 is 6.09 Å². The maximum absolute atomic E-state index is 12.3. The van der Waals surface area contributed by atoms with Gasteiger partial charge in [-0.25, -0.2) is 9.78 Å². The lowest BCUT2D eigenvalue weighted by Crippen LogP contribution is -2.41. The van der Waals surface area contributed by atoms with E-state index in [-0.39, 0.29) is 6.09 Å². The summed E-state index contributed by atoms with van der Waals surface area (Å²) in [5.41, 5.74) is 1.49. The van der Waals surface area contributed by atoms with Crippen LogP contribution in [0.1, 0.15) is 88.8 Å². The van der Waals surface area contributed by atoms with Gasteiger partial charge < -0.3 is 14.5 Å². The van der Waals surface area contributed by atoms with E-state index in [0.29, 0.717) is 11.8 Å². The highest BCUT2D eigenvalue weighted by molar-refractivity contribution is 7.09. The molecule has 0 spiro atoms. The molecule has 7 heteroatoms. The Bertz CT molecular complexity index is 696. The predicted molar refractivity (Wildman–Crippen MR) is 117 cm³/mol. The summed E-state index contributed by atoms with van der Waals surface area (Å²) in [5.74, 6) is 1.09. The number of thiazole rings is 1. The minimum atomic E-state index is -0.451. The van der Waals surface area contributed by atoms with E-state index in [0.717, 1.165) is 48.8 Å². The van der Waals surface area contributed by atoms with Crippen molar-refractivity contribution in [2.45, 2.75) is 83.7 Å². The molecule has 2 heterocycles. The molecular weight excluding hydrogens is 386 g/mol. The van der Waals surface area contributed by atoms with E-state index in [9.17, 15) is 4.79 Å². The monoisotopic (exact) mass is 421 g/mol. The Balaban J connectivity index is 1.58. The number of hydrogen-bond acceptors (Lipinski definition) is 6. The van der Waals surface area contributed by atoms with Crippen LogP contribution in [0.4, 0.5) is 4.79 Å². The molecule has 29 heavy (non-hydrogen) atoms. The number of amides is 1. The number of oxime groups is 1. The Morgan fingerprint density at radius 3 is 2.52 bits per heavy atom. The van der Waals surface area contributed by atoms with E-state index in [1.807, 2.05) is 25.7 Å². The van der Waals surface area contributed by atoms with Crippen LogP contribution < -0.4 is 0 Å². The molecule has 2 fully saturated rings.